The normalized spacial score (nSPS) is 11.4. The lowest BCUT2D eigenvalue weighted by Crippen LogP contribution is -2.37. The lowest BCUT2D eigenvalue weighted by Gasteiger charge is -2.12. The number of guanidine groups is 1. The highest BCUT2D eigenvalue weighted by molar-refractivity contribution is 14.0. The number of unbranched alkanes of at least 4 members (excludes halogenated alkanes) is 3. The Labute approximate surface area is 158 Å². The number of rotatable bonds is 10. The molecule has 0 saturated carbocycles. The summed E-state index contributed by atoms with van der Waals surface area (Å²) in [5, 5.41) is 6.70. The van der Waals surface area contributed by atoms with E-state index in [1.165, 1.54) is 25.7 Å². The molecule has 0 unspecified atom stereocenters. The Kier molecular flexibility index (Phi) is 13.2. The first kappa shape index (κ1) is 22.2. The molecule has 0 bridgehead atoms. The van der Waals surface area contributed by atoms with Gasteiger partial charge in [-0.3, -0.25) is 0 Å². The van der Waals surface area contributed by atoms with Gasteiger partial charge in [0.15, 0.2) is 5.96 Å². The molecule has 0 aliphatic rings. The van der Waals surface area contributed by atoms with Gasteiger partial charge in [0.2, 0.25) is 0 Å². The molecule has 0 aliphatic carbocycles. The van der Waals surface area contributed by atoms with Gasteiger partial charge in [0, 0.05) is 32.0 Å². The summed E-state index contributed by atoms with van der Waals surface area (Å²) in [7, 11) is 0. The summed E-state index contributed by atoms with van der Waals surface area (Å²) in [6.07, 6.45) is 8.95. The molecule has 0 aromatic carbocycles. The Morgan fingerprint density at radius 2 is 2.00 bits per heavy atom. The number of halogens is 1. The lowest BCUT2D eigenvalue weighted by atomic mass is 10.2. The molecule has 0 aliphatic heterocycles. The minimum absolute atomic E-state index is 0. The van der Waals surface area contributed by atoms with Crippen LogP contribution in [-0.2, 0) is 13.1 Å². The van der Waals surface area contributed by atoms with Crippen LogP contribution in [-0.4, -0.2) is 28.6 Å². The summed E-state index contributed by atoms with van der Waals surface area (Å²) < 4.78 is 2.19. The number of nitrogens with zero attached hydrogens (tertiary/aromatic N) is 3. The maximum absolute atomic E-state index is 4.65. The fraction of sp³-hybridized carbons (Fsp3) is 0.765. The quantitative estimate of drug-likeness (QED) is 0.255. The number of nitrogens with one attached hydrogen (secondary N) is 2. The van der Waals surface area contributed by atoms with Gasteiger partial charge in [0.25, 0.3) is 0 Å². The van der Waals surface area contributed by atoms with Crippen LogP contribution >= 0.6 is 24.0 Å². The van der Waals surface area contributed by atoms with Crippen molar-refractivity contribution >= 4 is 29.9 Å². The van der Waals surface area contributed by atoms with E-state index in [1.807, 2.05) is 12.4 Å². The molecular formula is C17H34IN5. The van der Waals surface area contributed by atoms with Crippen molar-refractivity contribution in [1.29, 1.82) is 0 Å². The first-order valence-electron chi connectivity index (χ1n) is 8.69. The van der Waals surface area contributed by atoms with E-state index in [9.17, 15) is 0 Å². The third-order valence-corrected chi connectivity index (χ3v) is 3.41. The molecule has 0 amide bonds. The first-order chi connectivity index (χ1) is 10.7. The van der Waals surface area contributed by atoms with Crippen LogP contribution in [0.2, 0.25) is 0 Å². The molecule has 0 atom stereocenters. The molecule has 0 fully saturated rings. The maximum Gasteiger partial charge on any atom is 0.191 e. The first-order valence-corrected chi connectivity index (χ1v) is 8.69. The van der Waals surface area contributed by atoms with E-state index >= 15 is 0 Å². The van der Waals surface area contributed by atoms with Gasteiger partial charge in [-0.05, 0) is 19.3 Å². The van der Waals surface area contributed by atoms with Crippen LogP contribution in [0.4, 0.5) is 0 Å². The summed E-state index contributed by atoms with van der Waals surface area (Å²) in [5.74, 6) is 2.52. The average molecular weight is 435 g/mol. The number of aromatic nitrogens is 2. The Morgan fingerprint density at radius 1 is 1.22 bits per heavy atom. The minimum Gasteiger partial charge on any atom is -0.357 e. The molecule has 1 aromatic heterocycles. The van der Waals surface area contributed by atoms with Crippen molar-refractivity contribution in [3.05, 3.63) is 18.2 Å². The van der Waals surface area contributed by atoms with Crippen LogP contribution < -0.4 is 10.6 Å². The van der Waals surface area contributed by atoms with E-state index in [1.54, 1.807) is 0 Å². The second-order valence-corrected chi connectivity index (χ2v) is 6.07. The second kappa shape index (κ2) is 13.6. The average Bonchev–Trinajstić information content (AvgIpc) is 2.91. The van der Waals surface area contributed by atoms with Crippen molar-refractivity contribution < 1.29 is 0 Å². The van der Waals surface area contributed by atoms with Gasteiger partial charge in [-0.1, -0.05) is 40.0 Å². The molecule has 5 nitrogen and oxygen atoms in total. The van der Waals surface area contributed by atoms with Crippen molar-refractivity contribution in [3.8, 4) is 0 Å². The minimum atomic E-state index is 0. The summed E-state index contributed by atoms with van der Waals surface area (Å²) in [6.45, 7) is 12.2. The summed E-state index contributed by atoms with van der Waals surface area (Å²) in [4.78, 5) is 9.08. The Hall–Kier alpha value is -0.790. The largest absolute Gasteiger partial charge is 0.357 e. The molecule has 0 saturated heterocycles. The van der Waals surface area contributed by atoms with Gasteiger partial charge >= 0.3 is 0 Å². The third-order valence-electron chi connectivity index (χ3n) is 3.41. The Morgan fingerprint density at radius 3 is 2.65 bits per heavy atom. The van der Waals surface area contributed by atoms with Crippen molar-refractivity contribution in [2.24, 2.45) is 10.9 Å². The summed E-state index contributed by atoms with van der Waals surface area (Å²) in [5.41, 5.74) is 0. The Balaban J connectivity index is 0.00000484. The molecule has 0 spiro atoms. The van der Waals surface area contributed by atoms with Crippen LogP contribution in [0.15, 0.2) is 17.4 Å². The zero-order valence-electron chi connectivity index (χ0n) is 15.1. The van der Waals surface area contributed by atoms with E-state index in [4.69, 9.17) is 0 Å². The predicted molar refractivity (Wildman–Crippen MR) is 109 cm³/mol. The maximum atomic E-state index is 4.65. The molecule has 6 heteroatoms. The van der Waals surface area contributed by atoms with E-state index in [0.717, 1.165) is 31.4 Å². The molecular weight excluding hydrogens is 401 g/mol. The van der Waals surface area contributed by atoms with E-state index in [-0.39, 0.29) is 24.0 Å². The van der Waals surface area contributed by atoms with Gasteiger partial charge in [0.05, 0.1) is 0 Å². The number of hydrogen-bond donors (Lipinski definition) is 2. The number of aliphatic imine (C=N–C) groups is 1. The SMILES string of the molecule is CCCCCCNC(=NCc1nccn1CC(C)C)NCC.I. The van der Waals surface area contributed by atoms with Gasteiger partial charge in [0.1, 0.15) is 12.4 Å². The molecule has 1 rings (SSSR count). The van der Waals surface area contributed by atoms with Gasteiger partial charge in [-0.15, -0.1) is 24.0 Å². The topological polar surface area (TPSA) is 54.2 Å². The predicted octanol–water partition coefficient (Wildman–Crippen LogP) is 3.79. The van der Waals surface area contributed by atoms with Crippen LogP contribution in [0.5, 0.6) is 0 Å². The van der Waals surface area contributed by atoms with E-state index in [0.29, 0.717) is 12.5 Å². The molecule has 2 N–H and O–H groups in total. The summed E-state index contributed by atoms with van der Waals surface area (Å²) >= 11 is 0. The molecule has 0 radical (unpaired) electrons. The molecule has 134 valence electrons. The van der Waals surface area contributed by atoms with Gasteiger partial charge in [-0.2, -0.15) is 0 Å². The highest BCUT2D eigenvalue weighted by Crippen LogP contribution is 2.05. The lowest BCUT2D eigenvalue weighted by molar-refractivity contribution is 0.507. The van der Waals surface area contributed by atoms with Crippen LogP contribution in [0.25, 0.3) is 0 Å². The standard InChI is InChI=1S/C17H33N5.HI/c1-5-7-8-9-10-20-17(18-6-2)21-13-16-19-11-12-22(16)14-15(3)4;/h11-12,15H,5-10,13-14H2,1-4H3,(H2,18,20,21);1H. The number of hydrogen-bond acceptors (Lipinski definition) is 2. The monoisotopic (exact) mass is 435 g/mol. The molecule has 1 heterocycles. The fourth-order valence-electron chi connectivity index (χ4n) is 2.30. The van der Waals surface area contributed by atoms with Crippen molar-refractivity contribution in [3.63, 3.8) is 0 Å². The Bertz CT molecular complexity index is 428. The van der Waals surface area contributed by atoms with Crippen LogP contribution in [0.3, 0.4) is 0 Å². The molecule has 23 heavy (non-hydrogen) atoms. The van der Waals surface area contributed by atoms with Crippen molar-refractivity contribution in [2.45, 2.75) is 66.5 Å². The highest BCUT2D eigenvalue weighted by atomic mass is 127. The zero-order chi connectivity index (χ0) is 16.2. The smallest absolute Gasteiger partial charge is 0.191 e. The van der Waals surface area contributed by atoms with Gasteiger partial charge in [-0.25, -0.2) is 9.98 Å². The van der Waals surface area contributed by atoms with Gasteiger partial charge < -0.3 is 15.2 Å². The van der Waals surface area contributed by atoms with Crippen LogP contribution in [0.1, 0.15) is 59.2 Å². The fourth-order valence-corrected chi connectivity index (χ4v) is 2.30. The second-order valence-electron chi connectivity index (χ2n) is 6.07. The van der Waals surface area contributed by atoms with Crippen LogP contribution in [0, 0.1) is 5.92 Å². The third kappa shape index (κ3) is 9.84. The van der Waals surface area contributed by atoms with Crippen molar-refractivity contribution in [1.82, 2.24) is 20.2 Å². The van der Waals surface area contributed by atoms with E-state index < -0.39 is 0 Å². The van der Waals surface area contributed by atoms with Crippen molar-refractivity contribution in [2.75, 3.05) is 13.1 Å². The highest BCUT2D eigenvalue weighted by Gasteiger charge is 2.04. The molecule has 1 aromatic rings. The van der Waals surface area contributed by atoms with E-state index in [2.05, 4.69) is 52.9 Å². The summed E-state index contributed by atoms with van der Waals surface area (Å²) in [6, 6.07) is 0. The number of imidazole rings is 1. The zero-order valence-corrected chi connectivity index (χ0v) is 17.5.